The summed E-state index contributed by atoms with van der Waals surface area (Å²) < 4.78 is 0. The molecule has 0 fully saturated rings. The number of carbonyl (C=O) groups is 2. The lowest BCUT2D eigenvalue weighted by Gasteiger charge is -2.11. The molecular weight excluding hydrogens is 270 g/mol. The lowest BCUT2D eigenvalue weighted by molar-refractivity contribution is -0.116. The van der Waals surface area contributed by atoms with E-state index in [1.165, 1.54) is 18.3 Å². The molecule has 2 aromatic rings. The molecule has 1 aromatic carbocycles. The molecule has 1 amide bonds. The summed E-state index contributed by atoms with van der Waals surface area (Å²) in [4.78, 5) is 26.7. The SMILES string of the molecule is O=C(O)c1ccc(NC(=O)C2Cc3ccccc3N2)cn1. The molecule has 2 heterocycles. The average Bonchev–Trinajstić information content (AvgIpc) is 2.92. The van der Waals surface area contributed by atoms with Gasteiger partial charge < -0.3 is 15.7 Å². The molecule has 1 aliphatic heterocycles. The normalized spacial score (nSPS) is 15.9. The smallest absolute Gasteiger partial charge is 0.354 e. The van der Waals surface area contributed by atoms with Gasteiger partial charge in [0.15, 0.2) is 0 Å². The van der Waals surface area contributed by atoms with E-state index in [1.54, 1.807) is 0 Å². The Labute approximate surface area is 120 Å². The first-order valence-corrected chi connectivity index (χ1v) is 6.48. The maximum absolute atomic E-state index is 12.2. The number of nitrogens with one attached hydrogen (secondary N) is 2. The van der Waals surface area contributed by atoms with Crippen LogP contribution in [0.3, 0.4) is 0 Å². The minimum atomic E-state index is -1.10. The number of carboxylic acid groups (broad SMARTS) is 1. The van der Waals surface area contributed by atoms with Gasteiger partial charge in [-0.25, -0.2) is 9.78 Å². The average molecular weight is 283 g/mol. The molecule has 3 rings (SSSR count). The number of carbonyl (C=O) groups excluding carboxylic acids is 1. The van der Waals surface area contributed by atoms with Gasteiger partial charge in [-0.3, -0.25) is 4.79 Å². The second-order valence-corrected chi connectivity index (χ2v) is 4.78. The number of aromatic carboxylic acids is 1. The molecule has 0 aliphatic carbocycles. The molecule has 0 spiro atoms. The standard InChI is InChI=1S/C15H13N3O3/c19-14(13-7-9-3-1-2-4-11(9)18-13)17-10-5-6-12(15(20)21)16-8-10/h1-6,8,13,18H,7H2,(H,17,19)(H,20,21). The highest BCUT2D eigenvalue weighted by molar-refractivity contribution is 5.98. The van der Waals surface area contributed by atoms with E-state index in [0.29, 0.717) is 12.1 Å². The Hall–Kier alpha value is -2.89. The van der Waals surface area contributed by atoms with Crippen LogP contribution >= 0.6 is 0 Å². The lowest BCUT2D eigenvalue weighted by Crippen LogP contribution is -2.32. The molecule has 0 saturated heterocycles. The van der Waals surface area contributed by atoms with Crippen molar-refractivity contribution in [3.63, 3.8) is 0 Å². The molecular formula is C15H13N3O3. The Balaban J connectivity index is 1.66. The number of benzene rings is 1. The number of hydrogen-bond donors (Lipinski definition) is 3. The van der Waals surface area contributed by atoms with Crippen molar-refractivity contribution >= 4 is 23.3 Å². The Morgan fingerprint density at radius 1 is 1.24 bits per heavy atom. The van der Waals surface area contributed by atoms with Gasteiger partial charge >= 0.3 is 5.97 Å². The van der Waals surface area contributed by atoms with Gasteiger partial charge in [-0.15, -0.1) is 0 Å². The lowest BCUT2D eigenvalue weighted by atomic mass is 10.1. The van der Waals surface area contributed by atoms with E-state index in [4.69, 9.17) is 5.11 Å². The minimum absolute atomic E-state index is 0.0561. The van der Waals surface area contributed by atoms with Crippen molar-refractivity contribution in [2.75, 3.05) is 10.6 Å². The number of anilines is 2. The second-order valence-electron chi connectivity index (χ2n) is 4.78. The van der Waals surface area contributed by atoms with Crippen LogP contribution < -0.4 is 10.6 Å². The molecule has 1 aromatic heterocycles. The maximum atomic E-state index is 12.2. The number of nitrogens with zero attached hydrogens (tertiary/aromatic N) is 1. The fourth-order valence-electron chi connectivity index (χ4n) is 2.28. The van der Waals surface area contributed by atoms with Crippen LogP contribution in [-0.4, -0.2) is 28.0 Å². The molecule has 21 heavy (non-hydrogen) atoms. The number of rotatable bonds is 3. The molecule has 1 aliphatic rings. The number of pyridine rings is 1. The van der Waals surface area contributed by atoms with Crippen LogP contribution in [0.1, 0.15) is 16.1 Å². The zero-order chi connectivity index (χ0) is 14.8. The molecule has 106 valence electrons. The van der Waals surface area contributed by atoms with Gasteiger partial charge in [-0.05, 0) is 23.8 Å². The number of hydrogen-bond acceptors (Lipinski definition) is 4. The third-order valence-electron chi connectivity index (χ3n) is 3.34. The van der Waals surface area contributed by atoms with Crippen LogP contribution in [0.15, 0.2) is 42.6 Å². The number of carboxylic acids is 1. The van der Waals surface area contributed by atoms with Crippen molar-refractivity contribution in [1.29, 1.82) is 0 Å². The summed E-state index contributed by atoms with van der Waals surface area (Å²) >= 11 is 0. The van der Waals surface area contributed by atoms with Crippen molar-refractivity contribution in [3.05, 3.63) is 53.9 Å². The summed E-state index contributed by atoms with van der Waals surface area (Å²) in [5.74, 6) is -1.27. The summed E-state index contributed by atoms with van der Waals surface area (Å²) in [6.07, 6.45) is 1.96. The molecule has 0 bridgehead atoms. The van der Waals surface area contributed by atoms with Gasteiger partial charge in [-0.1, -0.05) is 18.2 Å². The highest BCUT2D eigenvalue weighted by Gasteiger charge is 2.26. The van der Waals surface area contributed by atoms with E-state index < -0.39 is 5.97 Å². The number of amides is 1. The zero-order valence-electron chi connectivity index (χ0n) is 11.0. The Kier molecular flexibility index (Phi) is 3.27. The first kappa shape index (κ1) is 13.1. The minimum Gasteiger partial charge on any atom is -0.477 e. The predicted octanol–water partition coefficient (Wildman–Crippen LogP) is 1.76. The second kappa shape index (κ2) is 5.24. The van der Waals surface area contributed by atoms with Gasteiger partial charge in [0.1, 0.15) is 11.7 Å². The van der Waals surface area contributed by atoms with Crippen LogP contribution in [0, 0.1) is 0 Å². The molecule has 1 atom stereocenters. The summed E-state index contributed by atoms with van der Waals surface area (Å²) in [5.41, 5.74) is 2.50. The van der Waals surface area contributed by atoms with Crippen LogP contribution in [0.25, 0.3) is 0 Å². The highest BCUT2D eigenvalue weighted by Crippen LogP contribution is 2.25. The van der Waals surface area contributed by atoms with Gasteiger partial charge in [0.25, 0.3) is 0 Å². The third-order valence-corrected chi connectivity index (χ3v) is 3.34. The topological polar surface area (TPSA) is 91.3 Å². The van der Waals surface area contributed by atoms with Gasteiger partial charge in [0.05, 0.1) is 11.9 Å². The van der Waals surface area contributed by atoms with Gasteiger partial charge in [-0.2, -0.15) is 0 Å². The molecule has 6 nitrogen and oxygen atoms in total. The molecule has 1 unspecified atom stereocenters. The quantitative estimate of drug-likeness (QED) is 0.798. The van der Waals surface area contributed by atoms with E-state index in [1.807, 2.05) is 24.3 Å². The van der Waals surface area contributed by atoms with Crippen molar-refractivity contribution in [1.82, 2.24) is 4.98 Å². The molecule has 6 heteroatoms. The highest BCUT2D eigenvalue weighted by atomic mass is 16.4. The fraction of sp³-hybridized carbons (Fsp3) is 0.133. The fourth-order valence-corrected chi connectivity index (χ4v) is 2.28. The summed E-state index contributed by atoms with van der Waals surface area (Å²) in [6, 6.07) is 10.3. The van der Waals surface area contributed by atoms with E-state index in [2.05, 4.69) is 15.6 Å². The van der Waals surface area contributed by atoms with Gasteiger partial charge in [0, 0.05) is 12.1 Å². The maximum Gasteiger partial charge on any atom is 0.354 e. The van der Waals surface area contributed by atoms with E-state index >= 15 is 0 Å². The van der Waals surface area contributed by atoms with Gasteiger partial charge in [0.2, 0.25) is 5.91 Å². The first-order valence-electron chi connectivity index (χ1n) is 6.48. The van der Waals surface area contributed by atoms with Crippen LogP contribution in [0.5, 0.6) is 0 Å². The van der Waals surface area contributed by atoms with Crippen LogP contribution in [0.2, 0.25) is 0 Å². The number of aromatic nitrogens is 1. The third kappa shape index (κ3) is 2.69. The van der Waals surface area contributed by atoms with E-state index in [9.17, 15) is 9.59 Å². The molecule has 3 N–H and O–H groups in total. The monoisotopic (exact) mass is 283 g/mol. The van der Waals surface area contributed by atoms with Crippen LogP contribution in [0.4, 0.5) is 11.4 Å². The largest absolute Gasteiger partial charge is 0.477 e. The number of fused-ring (bicyclic) bond motifs is 1. The van der Waals surface area contributed by atoms with Crippen molar-refractivity contribution in [2.24, 2.45) is 0 Å². The first-order chi connectivity index (χ1) is 10.1. The van der Waals surface area contributed by atoms with E-state index in [-0.39, 0.29) is 17.6 Å². The van der Waals surface area contributed by atoms with Crippen molar-refractivity contribution in [3.8, 4) is 0 Å². The summed E-state index contributed by atoms with van der Waals surface area (Å²) in [7, 11) is 0. The summed E-state index contributed by atoms with van der Waals surface area (Å²) in [5, 5.41) is 14.7. The van der Waals surface area contributed by atoms with Crippen molar-refractivity contribution < 1.29 is 14.7 Å². The summed E-state index contributed by atoms with van der Waals surface area (Å²) in [6.45, 7) is 0. The van der Waals surface area contributed by atoms with Crippen molar-refractivity contribution in [2.45, 2.75) is 12.5 Å². The molecule has 0 radical (unpaired) electrons. The van der Waals surface area contributed by atoms with Crippen LogP contribution in [-0.2, 0) is 11.2 Å². The Morgan fingerprint density at radius 3 is 2.71 bits per heavy atom. The number of para-hydroxylation sites is 1. The molecule has 0 saturated carbocycles. The Morgan fingerprint density at radius 2 is 2.05 bits per heavy atom. The predicted molar refractivity (Wildman–Crippen MR) is 77.4 cm³/mol. The zero-order valence-corrected chi connectivity index (χ0v) is 11.0. The Bertz CT molecular complexity index is 673. The van der Waals surface area contributed by atoms with E-state index in [0.717, 1.165) is 11.3 Å².